The van der Waals surface area contributed by atoms with Crippen LogP contribution in [-0.2, 0) is 23.2 Å². The molecule has 212 valence electrons. The third-order valence-corrected chi connectivity index (χ3v) is 19.6. The van der Waals surface area contributed by atoms with Gasteiger partial charge in [0.05, 0.1) is 0 Å². The summed E-state index contributed by atoms with van der Waals surface area (Å²) in [7, 11) is -0.0112. The van der Waals surface area contributed by atoms with Crippen LogP contribution in [0.2, 0.25) is 0 Å². The molecule has 2 aromatic carbocycles. The fraction of sp³-hybridized carbons (Fsp3) is 0.529. The molecule has 2 aliphatic carbocycles. The van der Waals surface area contributed by atoms with Gasteiger partial charge in [-0.2, -0.15) is 0 Å². The van der Waals surface area contributed by atoms with Crippen LogP contribution in [0.5, 0.6) is 0 Å². The third kappa shape index (κ3) is 8.76. The molecule has 0 spiro atoms. The zero-order chi connectivity index (χ0) is 26.0. The predicted octanol–water partition coefficient (Wildman–Crippen LogP) is 5.43. The molecule has 2 aliphatic rings. The van der Waals surface area contributed by atoms with Crippen molar-refractivity contribution in [2.24, 2.45) is 0 Å². The van der Waals surface area contributed by atoms with Crippen molar-refractivity contribution in [1.29, 1.82) is 0 Å². The Hall–Kier alpha value is -0.477. The first-order valence-electron chi connectivity index (χ1n) is 15.1. The minimum atomic E-state index is -0.814. The van der Waals surface area contributed by atoms with Gasteiger partial charge in [-0.15, -0.1) is 0 Å². The Morgan fingerprint density at radius 2 is 0.872 bits per heavy atom. The van der Waals surface area contributed by atoms with Gasteiger partial charge in [0.25, 0.3) is 0 Å². The summed E-state index contributed by atoms with van der Waals surface area (Å²) < 4.78 is 1.54. The van der Waals surface area contributed by atoms with Crippen molar-refractivity contribution < 1.29 is 32.6 Å². The van der Waals surface area contributed by atoms with Crippen LogP contribution in [0.4, 0.5) is 0 Å². The second-order valence-electron chi connectivity index (χ2n) is 10.8. The van der Waals surface area contributed by atoms with Gasteiger partial charge in [-0.1, -0.05) is 0 Å². The second-order valence-corrected chi connectivity index (χ2v) is 19.5. The summed E-state index contributed by atoms with van der Waals surface area (Å²) in [4.78, 5) is 0. The van der Waals surface area contributed by atoms with Crippen LogP contribution < -0.4 is 9.41 Å². The van der Waals surface area contributed by atoms with E-state index in [9.17, 15) is 0 Å². The van der Waals surface area contributed by atoms with Gasteiger partial charge in [-0.3, -0.25) is 0 Å². The van der Waals surface area contributed by atoms with Gasteiger partial charge in [-0.25, -0.2) is 0 Å². The minimum Gasteiger partial charge on any atom is -1.00 e. The Morgan fingerprint density at radius 3 is 1.21 bits per heavy atom. The van der Waals surface area contributed by atoms with E-state index in [-0.39, 0.29) is 25.3 Å². The second kappa shape index (κ2) is 18.1. The Labute approximate surface area is 251 Å². The molecule has 0 amide bonds. The Bertz CT molecular complexity index is 967. The SMILES string of the molecule is CCCCP(CCCC)C1=Cc2ccccc2[CH]1[Zr+2][CH]1C(P(CCCC)CCCC)=Cc2ccccc21.[F-].[F-]. The fourth-order valence-electron chi connectivity index (χ4n) is 5.82. The average Bonchev–Trinajstić information content (AvgIpc) is 3.48. The maximum Gasteiger partial charge on any atom is -1.00 e. The summed E-state index contributed by atoms with van der Waals surface area (Å²) >= 11 is -0.814. The van der Waals surface area contributed by atoms with Crippen molar-refractivity contribution in [2.45, 2.75) is 86.3 Å². The van der Waals surface area contributed by atoms with Crippen LogP contribution in [0.15, 0.2) is 59.2 Å². The summed E-state index contributed by atoms with van der Waals surface area (Å²) in [5.74, 6) is 0. The average molecular weight is 648 g/mol. The van der Waals surface area contributed by atoms with E-state index in [4.69, 9.17) is 0 Å². The van der Waals surface area contributed by atoms with Crippen LogP contribution in [-0.4, -0.2) is 24.6 Å². The molecular formula is C34H48F2P2Zr. The van der Waals surface area contributed by atoms with E-state index in [1.807, 2.05) is 10.6 Å². The number of benzene rings is 2. The van der Waals surface area contributed by atoms with E-state index in [1.54, 1.807) is 22.3 Å². The number of hydrogen-bond acceptors (Lipinski definition) is 0. The van der Waals surface area contributed by atoms with Gasteiger partial charge in [0, 0.05) is 0 Å². The first-order valence-corrected chi connectivity index (χ1v) is 21.3. The predicted molar refractivity (Wildman–Crippen MR) is 167 cm³/mol. The number of rotatable bonds is 16. The molecule has 0 saturated carbocycles. The van der Waals surface area contributed by atoms with Crippen molar-refractivity contribution >= 4 is 28.0 Å². The maximum atomic E-state index is 2.69. The first-order chi connectivity index (χ1) is 18.2. The van der Waals surface area contributed by atoms with Crippen molar-refractivity contribution in [3.63, 3.8) is 0 Å². The van der Waals surface area contributed by atoms with E-state index in [1.165, 1.54) is 76.0 Å². The van der Waals surface area contributed by atoms with Crippen molar-refractivity contribution in [3.8, 4) is 0 Å². The van der Waals surface area contributed by atoms with Crippen molar-refractivity contribution in [1.82, 2.24) is 0 Å². The summed E-state index contributed by atoms with van der Waals surface area (Å²) in [6.07, 6.45) is 22.1. The van der Waals surface area contributed by atoms with Gasteiger partial charge in [0.2, 0.25) is 0 Å². The molecule has 5 heteroatoms. The van der Waals surface area contributed by atoms with E-state index in [0.29, 0.717) is 0 Å². The Kier molecular flexibility index (Phi) is 16.2. The number of halogens is 2. The zero-order valence-corrected chi connectivity index (χ0v) is 28.8. The van der Waals surface area contributed by atoms with Crippen LogP contribution in [0.25, 0.3) is 12.2 Å². The molecule has 0 aliphatic heterocycles. The van der Waals surface area contributed by atoms with Crippen LogP contribution in [0.1, 0.15) is 109 Å². The Balaban J connectivity index is 0.00000267. The molecule has 0 saturated heterocycles. The molecule has 0 aromatic heterocycles. The molecule has 0 nitrogen and oxygen atoms in total. The molecule has 39 heavy (non-hydrogen) atoms. The topological polar surface area (TPSA) is 0 Å². The fourth-order valence-corrected chi connectivity index (χ4v) is 19.6. The molecule has 2 unspecified atom stereocenters. The normalized spacial score (nSPS) is 17.2. The summed E-state index contributed by atoms with van der Waals surface area (Å²) in [5.41, 5.74) is 6.50. The molecule has 2 aromatic rings. The van der Waals surface area contributed by atoms with Crippen LogP contribution in [0, 0.1) is 0 Å². The number of hydrogen-bond donors (Lipinski definition) is 0. The van der Waals surface area contributed by atoms with Gasteiger partial charge in [0.15, 0.2) is 0 Å². The zero-order valence-electron chi connectivity index (χ0n) is 24.6. The summed E-state index contributed by atoms with van der Waals surface area (Å²) in [6, 6.07) is 19.0. The quantitative estimate of drug-likeness (QED) is 0.213. The minimum absolute atomic E-state index is 0. The third-order valence-electron chi connectivity index (χ3n) is 8.00. The summed E-state index contributed by atoms with van der Waals surface area (Å²) in [6.45, 7) is 9.50. The van der Waals surface area contributed by atoms with E-state index >= 15 is 0 Å². The monoisotopic (exact) mass is 646 g/mol. The maximum absolute atomic E-state index is 2.69. The smallest absolute Gasteiger partial charge is 1.00 e. The van der Waals surface area contributed by atoms with Crippen LogP contribution in [0.3, 0.4) is 0 Å². The number of unbranched alkanes of at least 4 members (excludes halogenated alkanes) is 4. The molecule has 4 rings (SSSR count). The Morgan fingerprint density at radius 1 is 0.538 bits per heavy atom. The van der Waals surface area contributed by atoms with E-state index in [0.717, 1.165) is 7.25 Å². The van der Waals surface area contributed by atoms with Crippen molar-refractivity contribution in [2.75, 3.05) is 24.6 Å². The molecule has 0 fully saturated rings. The van der Waals surface area contributed by atoms with Gasteiger partial charge in [0.1, 0.15) is 0 Å². The first kappa shape index (κ1) is 34.7. The molecule has 2 atom stereocenters. The molecule has 0 N–H and O–H groups in total. The van der Waals surface area contributed by atoms with Gasteiger partial charge >= 0.3 is 244 Å². The molecular weight excluding hydrogens is 600 g/mol. The molecule has 0 heterocycles. The number of allylic oxidation sites excluding steroid dienone is 2. The van der Waals surface area contributed by atoms with Crippen LogP contribution >= 0.6 is 15.8 Å². The van der Waals surface area contributed by atoms with E-state index < -0.39 is 23.2 Å². The van der Waals surface area contributed by atoms with E-state index in [2.05, 4.69) is 88.4 Å². The largest absolute Gasteiger partial charge is 1.00 e. The van der Waals surface area contributed by atoms with Crippen molar-refractivity contribution in [3.05, 3.63) is 81.4 Å². The summed E-state index contributed by atoms with van der Waals surface area (Å²) in [5, 5.41) is 3.81. The standard InChI is InChI=1S/2C17H24P.2FH.Zr/c2*1-3-5-11-18(12-6-4-2)17-13-15-9-7-8-10-16(15)14-17;;;/h2*7-10,13-14H,3-6,11-12H2,1-2H3;2*1H;/q;;;;+2/p-2. The van der Waals surface area contributed by atoms with Gasteiger partial charge < -0.3 is 9.41 Å². The van der Waals surface area contributed by atoms with Gasteiger partial charge in [-0.05, 0) is 0 Å². The molecule has 0 bridgehead atoms. The molecule has 0 radical (unpaired) electrons. The number of fused-ring (bicyclic) bond motifs is 2.